The molecule has 0 saturated heterocycles. The van der Waals surface area contributed by atoms with Crippen LogP contribution in [0.3, 0.4) is 0 Å². The number of rotatable bonds is 9. The Morgan fingerprint density at radius 3 is 2.71 bits per heavy atom. The number of pyridine rings is 1. The van der Waals surface area contributed by atoms with Gasteiger partial charge in [-0.2, -0.15) is 4.98 Å². The average molecular weight is 471 g/mol. The highest BCUT2D eigenvalue weighted by atomic mass is 19.1. The molecular formula is C25H22FN7O2. The van der Waals surface area contributed by atoms with E-state index in [2.05, 4.69) is 30.8 Å². The van der Waals surface area contributed by atoms with Crippen LogP contribution in [0.5, 0.6) is 0 Å². The molecule has 0 aliphatic carbocycles. The summed E-state index contributed by atoms with van der Waals surface area (Å²) in [4.78, 5) is 8.65. The van der Waals surface area contributed by atoms with Crippen molar-refractivity contribution in [1.29, 1.82) is 0 Å². The standard InChI is InChI=1S/C25H22FN7O2/c1-34-14-13-28-16-17-5-4-6-19(15-17)24-29-25(35-31-24)22-23(18-9-11-27-12-10-18)33(32-30-22)21-8-3-2-7-20(21)26/h2-12,15,28H,13-14,16H2,1H3. The molecule has 0 amide bonds. The zero-order chi connectivity index (χ0) is 24.0. The molecule has 0 aliphatic heterocycles. The van der Waals surface area contributed by atoms with Crippen molar-refractivity contribution in [1.82, 2.24) is 35.4 Å². The van der Waals surface area contributed by atoms with E-state index >= 15 is 0 Å². The summed E-state index contributed by atoms with van der Waals surface area (Å²) in [6, 6.07) is 17.8. The number of nitrogens with zero attached hydrogens (tertiary/aromatic N) is 6. The van der Waals surface area contributed by atoms with Crippen LogP contribution in [-0.4, -0.2) is 50.4 Å². The van der Waals surface area contributed by atoms with Gasteiger partial charge in [0.1, 0.15) is 17.2 Å². The Morgan fingerprint density at radius 1 is 1.03 bits per heavy atom. The first-order valence-corrected chi connectivity index (χ1v) is 11.0. The maximum absolute atomic E-state index is 14.6. The normalized spacial score (nSPS) is 11.1. The van der Waals surface area contributed by atoms with Gasteiger partial charge in [-0.05, 0) is 35.9 Å². The van der Waals surface area contributed by atoms with Gasteiger partial charge in [-0.15, -0.1) is 5.10 Å². The Labute approximate surface area is 200 Å². The van der Waals surface area contributed by atoms with Crippen molar-refractivity contribution >= 4 is 0 Å². The summed E-state index contributed by atoms with van der Waals surface area (Å²) in [6.07, 6.45) is 3.28. The molecule has 10 heteroatoms. The quantitative estimate of drug-likeness (QED) is 0.323. The molecule has 5 aromatic rings. The smallest absolute Gasteiger partial charge is 0.281 e. The van der Waals surface area contributed by atoms with Gasteiger partial charge in [-0.1, -0.05) is 40.7 Å². The molecule has 0 unspecified atom stereocenters. The number of hydrogen-bond acceptors (Lipinski definition) is 8. The molecule has 9 nitrogen and oxygen atoms in total. The van der Waals surface area contributed by atoms with E-state index in [1.807, 2.05) is 24.3 Å². The maximum atomic E-state index is 14.6. The van der Waals surface area contributed by atoms with E-state index in [4.69, 9.17) is 9.26 Å². The monoisotopic (exact) mass is 471 g/mol. The molecule has 0 atom stereocenters. The highest BCUT2D eigenvalue weighted by molar-refractivity contribution is 5.76. The summed E-state index contributed by atoms with van der Waals surface area (Å²) in [5.74, 6) is 0.166. The molecule has 0 fully saturated rings. The van der Waals surface area contributed by atoms with Gasteiger partial charge in [0.15, 0.2) is 5.69 Å². The summed E-state index contributed by atoms with van der Waals surface area (Å²) in [5.41, 5.74) is 3.73. The van der Waals surface area contributed by atoms with Crippen LogP contribution >= 0.6 is 0 Å². The molecule has 0 bridgehead atoms. The summed E-state index contributed by atoms with van der Waals surface area (Å²) in [5, 5.41) is 15.9. The van der Waals surface area contributed by atoms with E-state index in [0.717, 1.165) is 23.2 Å². The summed E-state index contributed by atoms with van der Waals surface area (Å²) < 4.78 is 26.7. The van der Waals surface area contributed by atoms with Gasteiger partial charge >= 0.3 is 0 Å². The van der Waals surface area contributed by atoms with Crippen molar-refractivity contribution in [3.05, 3.63) is 84.4 Å². The van der Waals surface area contributed by atoms with E-state index in [1.54, 1.807) is 49.8 Å². The van der Waals surface area contributed by atoms with Crippen LogP contribution in [0.4, 0.5) is 4.39 Å². The fourth-order valence-corrected chi connectivity index (χ4v) is 3.65. The van der Waals surface area contributed by atoms with E-state index in [0.29, 0.717) is 30.4 Å². The van der Waals surface area contributed by atoms with E-state index < -0.39 is 5.82 Å². The number of ether oxygens (including phenoxy) is 1. The number of hydrogen-bond donors (Lipinski definition) is 1. The van der Waals surface area contributed by atoms with Crippen molar-refractivity contribution in [2.24, 2.45) is 0 Å². The van der Waals surface area contributed by atoms with Gasteiger partial charge in [0.2, 0.25) is 5.82 Å². The minimum atomic E-state index is -0.429. The van der Waals surface area contributed by atoms with Gasteiger partial charge in [-0.25, -0.2) is 9.07 Å². The Hall–Kier alpha value is -4.28. The Balaban J connectivity index is 1.51. The molecule has 35 heavy (non-hydrogen) atoms. The number of para-hydroxylation sites is 1. The van der Waals surface area contributed by atoms with Crippen LogP contribution in [0.25, 0.3) is 39.9 Å². The zero-order valence-corrected chi connectivity index (χ0v) is 18.9. The second kappa shape index (κ2) is 10.3. The van der Waals surface area contributed by atoms with Crippen LogP contribution in [0.15, 0.2) is 77.6 Å². The topological polar surface area (TPSA) is 104 Å². The second-order valence-corrected chi connectivity index (χ2v) is 7.68. The van der Waals surface area contributed by atoms with Crippen LogP contribution in [0.1, 0.15) is 5.56 Å². The second-order valence-electron chi connectivity index (χ2n) is 7.68. The molecule has 0 saturated carbocycles. The number of aromatic nitrogens is 6. The first kappa shape index (κ1) is 22.5. The van der Waals surface area contributed by atoms with E-state index in [9.17, 15) is 4.39 Å². The number of benzene rings is 2. The van der Waals surface area contributed by atoms with Gasteiger partial charge in [-0.3, -0.25) is 4.98 Å². The predicted octanol–water partition coefficient (Wildman–Crippen LogP) is 3.92. The molecule has 3 aromatic heterocycles. The highest BCUT2D eigenvalue weighted by Crippen LogP contribution is 2.32. The van der Waals surface area contributed by atoms with Crippen LogP contribution in [0, 0.1) is 5.82 Å². The third kappa shape index (κ3) is 4.84. The average Bonchev–Trinajstić information content (AvgIpc) is 3.55. The third-order valence-electron chi connectivity index (χ3n) is 5.33. The minimum absolute atomic E-state index is 0.179. The number of methoxy groups -OCH3 is 1. The Morgan fingerprint density at radius 2 is 1.89 bits per heavy atom. The largest absolute Gasteiger partial charge is 0.383 e. The molecule has 5 rings (SSSR count). The molecular weight excluding hydrogens is 449 g/mol. The van der Waals surface area contributed by atoms with Gasteiger partial charge < -0.3 is 14.6 Å². The van der Waals surface area contributed by atoms with Crippen molar-refractivity contribution in [3.63, 3.8) is 0 Å². The van der Waals surface area contributed by atoms with E-state index in [1.165, 1.54) is 10.7 Å². The lowest BCUT2D eigenvalue weighted by atomic mass is 10.1. The molecule has 0 aliphatic rings. The molecule has 0 radical (unpaired) electrons. The minimum Gasteiger partial charge on any atom is -0.383 e. The number of halogens is 1. The first-order valence-electron chi connectivity index (χ1n) is 11.0. The fourth-order valence-electron chi connectivity index (χ4n) is 3.65. The SMILES string of the molecule is COCCNCc1cccc(-c2noc(-c3nnn(-c4ccccc4F)c3-c3ccncc3)n2)c1. The first-order chi connectivity index (χ1) is 17.2. The van der Waals surface area contributed by atoms with Gasteiger partial charge in [0.05, 0.1) is 6.61 Å². The maximum Gasteiger partial charge on any atom is 0.281 e. The Kier molecular flexibility index (Phi) is 6.64. The van der Waals surface area contributed by atoms with Crippen LogP contribution in [0.2, 0.25) is 0 Å². The number of nitrogens with one attached hydrogen (secondary N) is 1. The van der Waals surface area contributed by atoms with Crippen molar-refractivity contribution in [3.8, 4) is 39.9 Å². The lowest BCUT2D eigenvalue weighted by Gasteiger charge is -2.08. The molecule has 1 N–H and O–H groups in total. The Bertz CT molecular complexity index is 1420. The summed E-state index contributed by atoms with van der Waals surface area (Å²) >= 11 is 0. The lowest BCUT2D eigenvalue weighted by molar-refractivity contribution is 0.199. The van der Waals surface area contributed by atoms with Crippen molar-refractivity contribution in [2.45, 2.75) is 6.54 Å². The summed E-state index contributed by atoms with van der Waals surface area (Å²) in [6.45, 7) is 2.08. The third-order valence-corrected chi connectivity index (χ3v) is 5.33. The van der Waals surface area contributed by atoms with Crippen LogP contribution < -0.4 is 5.32 Å². The van der Waals surface area contributed by atoms with Gasteiger partial charge in [0, 0.05) is 43.7 Å². The lowest BCUT2D eigenvalue weighted by Crippen LogP contribution is -2.18. The molecule has 0 spiro atoms. The molecule has 176 valence electrons. The molecule has 2 aromatic carbocycles. The van der Waals surface area contributed by atoms with E-state index in [-0.39, 0.29) is 11.6 Å². The predicted molar refractivity (Wildman–Crippen MR) is 127 cm³/mol. The van der Waals surface area contributed by atoms with Crippen LogP contribution in [-0.2, 0) is 11.3 Å². The fraction of sp³-hybridized carbons (Fsp3) is 0.160. The molecule has 3 heterocycles. The zero-order valence-electron chi connectivity index (χ0n) is 18.9. The highest BCUT2D eigenvalue weighted by Gasteiger charge is 2.24. The summed E-state index contributed by atoms with van der Waals surface area (Å²) in [7, 11) is 1.67. The van der Waals surface area contributed by atoms with Crippen molar-refractivity contribution in [2.75, 3.05) is 20.3 Å². The van der Waals surface area contributed by atoms with Gasteiger partial charge in [0.25, 0.3) is 5.89 Å². The van der Waals surface area contributed by atoms with Crippen molar-refractivity contribution < 1.29 is 13.7 Å².